The van der Waals surface area contributed by atoms with Gasteiger partial charge < -0.3 is 10.6 Å². The topological polar surface area (TPSA) is 46.3 Å². The molecule has 3 nitrogen and oxygen atoms in total. The lowest BCUT2D eigenvalue weighted by atomic mass is 9.86. The number of likely N-dealkylation sites (tertiary alicyclic amines) is 1. The molecule has 2 N–H and O–H groups in total. The van der Waals surface area contributed by atoms with Crippen LogP contribution in [0.5, 0.6) is 0 Å². The average Bonchev–Trinajstić information content (AvgIpc) is 2.47. The highest BCUT2D eigenvalue weighted by atomic mass is 35.5. The highest BCUT2D eigenvalue weighted by molar-refractivity contribution is 6.30. The molecule has 1 amide bonds. The Morgan fingerprint density at radius 1 is 1.38 bits per heavy atom. The van der Waals surface area contributed by atoms with Crippen LogP contribution in [-0.2, 0) is 4.79 Å². The van der Waals surface area contributed by atoms with Gasteiger partial charge in [-0.15, -0.1) is 0 Å². The molecule has 1 fully saturated rings. The smallest absolute Gasteiger partial charge is 0.230 e. The summed E-state index contributed by atoms with van der Waals surface area (Å²) in [6.07, 6.45) is 2.03. The van der Waals surface area contributed by atoms with Crippen molar-refractivity contribution in [2.24, 2.45) is 17.6 Å². The van der Waals surface area contributed by atoms with Crippen molar-refractivity contribution in [1.82, 2.24) is 4.90 Å². The van der Waals surface area contributed by atoms with Crippen molar-refractivity contribution in [3.05, 3.63) is 34.9 Å². The van der Waals surface area contributed by atoms with Crippen LogP contribution >= 0.6 is 11.6 Å². The number of nitrogens with zero attached hydrogens (tertiary/aromatic N) is 1. The number of carbonyl (C=O) groups excluding carboxylic acids is 1. The van der Waals surface area contributed by atoms with E-state index in [-0.39, 0.29) is 17.7 Å². The van der Waals surface area contributed by atoms with Crippen molar-refractivity contribution in [2.45, 2.75) is 32.6 Å². The monoisotopic (exact) mass is 308 g/mol. The van der Waals surface area contributed by atoms with E-state index in [1.165, 1.54) is 0 Å². The lowest BCUT2D eigenvalue weighted by Gasteiger charge is -2.35. The molecule has 0 saturated carbocycles. The summed E-state index contributed by atoms with van der Waals surface area (Å²) >= 11 is 6.08. The third-order valence-corrected chi connectivity index (χ3v) is 4.64. The molecule has 1 aromatic carbocycles. The molecule has 1 aliphatic rings. The Hall–Kier alpha value is -1.06. The van der Waals surface area contributed by atoms with Gasteiger partial charge in [-0.1, -0.05) is 37.6 Å². The Morgan fingerprint density at radius 3 is 2.57 bits per heavy atom. The zero-order chi connectivity index (χ0) is 15.4. The normalized spacial score (nSPS) is 18.0. The summed E-state index contributed by atoms with van der Waals surface area (Å²) in [7, 11) is 0. The van der Waals surface area contributed by atoms with Gasteiger partial charge in [0, 0.05) is 18.1 Å². The first-order chi connectivity index (χ1) is 10.0. The fourth-order valence-electron chi connectivity index (χ4n) is 3.10. The zero-order valence-corrected chi connectivity index (χ0v) is 13.6. The largest absolute Gasteiger partial charge is 0.342 e. The first kappa shape index (κ1) is 16.3. The summed E-state index contributed by atoms with van der Waals surface area (Å²) < 4.78 is 0. The van der Waals surface area contributed by atoms with Crippen LogP contribution < -0.4 is 5.73 Å². The number of piperidine rings is 1. The number of benzene rings is 1. The quantitative estimate of drug-likeness (QED) is 0.928. The zero-order valence-electron chi connectivity index (χ0n) is 12.9. The summed E-state index contributed by atoms with van der Waals surface area (Å²) in [5, 5.41) is 0.688. The molecule has 1 aliphatic heterocycles. The van der Waals surface area contributed by atoms with Gasteiger partial charge in [0.1, 0.15) is 0 Å². The number of rotatable bonds is 4. The lowest BCUT2D eigenvalue weighted by Crippen LogP contribution is -2.43. The molecule has 1 heterocycles. The first-order valence-corrected chi connectivity index (χ1v) is 8.15. The Bertz CT molecular complexity index is 481. The molecular formula is C17H25ClN2O. The van der Waals surface area contributed by atoms with Crippen LogP contribution in [0.3, 0.4) is 0 Å². The van der Waals surface area contributed by atoms with Gasteiger partial charge in [0.15, 0.2) is 0 Å². The van der Waals surface area contributed by atoms with Crippen LogP contribution in [-0.4, -0.2) is 30.4 Å². The maximum atomic E-state index is 12.9. The van der Waals surface area contributed by atoms with E-state index in [9.17, 15) is 4.79 Å². The molecule has 1 aromatic rings. The van der Waals surface area contributed by atoms with Crippen LogP contribution in [0.15, 0.2) is 24.3 Å². The van der Waals surface area contributed by atoms with Gasteiger partial charge in [0.2, 0.25) is 5.91 Å². The summed E-state index contributed by atoms with van der Waals surface area (Å²) in [5.41, 5.74) is 6.74. The minimum absolute atomic E-state index is 0.113. The molecule has 116 valence electrons. The van der Waals surface area contributed by atoms with E-state index in [0.29, 0.717) is 10.9 Å². The van der Waals surface area contributed by atoms with Crippen molar-refractivity contribution in [2.75, 3.05) is 19.6 Å². The van der Waals surface area contributed by atoms with E-state index in [1.807, 2.05) is 29.2 Å². The van der Waals surface area contributed by atoms with E-state index in [2.05, 4.69) is 13.8 Å². The maximum absolute atomic E-state index is 12.9. The Labute approximate surface area is 132 Å². The van der Waals surface area contributed by atoms with Gasteiger partial charge in [-0.2, -0.15) is 0 Å². The number of nitrogens with two attached hydrogens (primary N) is 1. The Morgan fingerprint density at radius 2 is 2.05 bits per heavy atom. The summed E-state index contributed by atoms with van der Waals surface area (Å²) in [6, 6.07) is 7.68. The minimum atomic E-state index is -0.113. The number of amides is 1. The highest BCUT2D eigenvalue weighted by Gasteiger charge is 2.30. The van der Waals surface area contributed by atoms with Crippen molar-refractivity contribution in [1.29, 1.82) is 0 Å². The second-order valence-corrected chi connectivity index (χ2v) is 6.72. The molecule has 1 saturated heterocycles. The number of hydrogen-bond acceptors (Lipinski definition) is 2. The summed E-state index contributed by atoms with van der Waals surface area (Å²) in [4.78, 5) is 14.9. The predicted octanol–water partition coefficient (Wildman–Crippen LogP) is 3.28. The van der Waals surface area contributed by atoms with Crippen molar-refractivity contribution in [3.63, 3.8) is 0 Å². The van der Waals surface area contributed by atoms with Crippen LogP contribution in [0.25, 0.3) is 0 Å². The third-order valence-electron chi connectivity index (χ3n) is 4.40. The van der Waals surface area contributed by atoms with Crippen molar-refractivity contribution in [3.8, 4) is 0 Å². The molecule has 2 rings (SSSR count). The van der Waals surface area contributed by atoms with Crippen LogP contribution in [0, 0.1) is 11.8 Å². The number of halogens is 1. The maximum Gasteiger partial charge on any atom is 0.230 e. The molecule has 0 aromatic heterocycles. The number of carbonyl (C=O) groups is 1. The Kier molecular flexibility index (Phi) is 5.65. The van der Waals surface area contributed by atoms with E-state index in [0.717, 1.165) is 38.0 Å². The molecule has 1 unspecified atom stereocenters. The predicted molar refractivity (Wildman–Crippen MR) is 87.4 cm³/mol. The first-order valence-electron chi connectivity index (χ1n) is 7.77. The van der Waals surface area contributed by atoms with Crippen molar-refractivity contribution < 1.29 is 4.79 Å². The van der Waals surface area contributed by atoms with E-state index in [1.54, 1.807) is 0 Å². The molecule has 0 spiro atoms. The summed E-state index contributed by atoms with van der Waals surface area (Å²) in [6.45, 7) is 6.56. The average molecular weight is 309 g/mol. The third kappa shape index (κ3) is 3.98. The standard InChI is InChI=1S/C17H25ClN2O/c1-12(2)16(14-4-3-5-15(18)10-14)17(21)20-8-6-13(11-19)7-9-20/h3-5,10,12-13,16H,6-9,11,19H2,1-2H3. The second-order valence-electron chi connectivity index (χ2n) is 6.28. The van der Waals surface area contributed by atoms with Gasteiger partial charge in [0.25, 0.3) is 0 Å². The summed E-state index contributed by atoms with van der Waals surface area (Å²) in [5.74, 6) is 0.932. The molecule has 0 bridgehead atoms. The molecule has 1 atom stereocenters. The molecule has 0 aliphatic carbocycles. The molecule has 21 heavy (non-hydrogen) atoms. The minimum Gasteiger partial charge on any atom is -0.342 e. The SMILES string of the molecule is CC(C)C(C(=O)N1CCC(CN)CC1)c1cccc(Cl)c1. The van der Waals surface area contributed by atoms with E-state index >= 15 is 0 Å². The fourth-order valence-corrected chi connectivity index (χ4v) is 3.30. The van der Waals surface area contributed by atoms with Crippen molar-refractivity contribution >= 4 is 17.5 Å². The second kappa shape index (κ2) is 7.28. The van der Waals surface area contributed by atoms with Gasteiger partial charge in [-0.3, -0.25) is 4.79 Å². The fraction of sp³-hybridized carbons (Fsp3) is 0.588. The van der Waals surface area contributed by atoms with Crippen LogP contribution in [0.4, 0.5) is 0 Å². The van der Waals surface area contributed by atoms with Gasteiger partial charge in [-0.25, -0.2) is 0 Å². The number of hydrogen-bond donors (Lipinski definition) is 1. The van der Waals surface area contributed by atoms with Gasteiger partial charge in [0.05, 0.1) is 5.92 Å². The molecule has 4 heteroatoms. The van der Waals surface area contributed by atoms with E-state index in [4.69, 9.17) is 17.3 Å². The van der Waals surface area contributed by atoms with Crippen LogP contribution in [0.1, 0.15) is 38.2 Å². The lowest BCUT2D eigenvalue weighted by molar-refractivity contribution is -0.135. The highest BCUT2D eigenvalue weighted by Crippen LogP contribution is 2.30. The van der Waals surface area contributed by atoms with Crippen LogP contribution in [0.2, 0.25) is 5.02 Å². The molecule has 0 radical (unpaired) electrons. The van der Waals surface area contributed by atoms with Gasteiger partial charge in [-0.05, 0) is 48.9 Å². The van der Waals surface area contributed by atoms with E-state index < -0.39 is 0 Å². The molecular weight excluding hydrogens is 284 g/mol. The Balaban J connectivity index is 2.13. The van der Waals surface area contributed by atoms with Gasteiger partial charge >= 0.3 is 0 Å².